The van der Waals surface area contributed by atoms with E-state index < -0.39 is 41.5 Å². The minimum absolute atomic E-state index is 0.173. The largest absolute Gasteiger partial charge is 0.464 e. The summed E-state index contributed by atoms with van der Waals surface area (Å²) in [6.07, 6.45) is -1.41. The van der Waals surface area contributed by atoms with Gasteiger partial charge in [0.1, 0.15) is 18.8 Å². The first-order valence-corrected chi connectivity index (χ1v) is 8.34. The Kier molecular flexibility index (Phi) is 5.18. The number of carbonyl (C=O) groups is 3. The molecule has 1 aliphatic rings. The molecule has 144 valence electrons. The minimum atomic E-state index is -1.41. The lowest BCUT2D eigenvalue weighted by molar-refractivity contribution is -0.384. The minimum Gasteiger partial charge on any atom is -0.464 e. The van der Waals surface area contributed by atoms with Gasteiger partial charge in [-0.1, -0.05) is 12.1 Å². The van der Waals surface area contributed by atoms with Gasteiger partial charge < -0.3 is 9.84 Å². The Balaban J connectivity index is 1.95. The van der Waals surface area contributed by atoms with Crippen LogP contribution in [0.2, 0.25) is 0 Å². The van der Waals surface area contributed by atoms with Gasteiger partial charge in [0, 0.05) is 19.1 Å². The average molecular weight is 384 g/mol. The van der Waals surface area contributed by atoms with E-state index in [0.29, 0.717) is 0 Å². The fourth-order valence-electron chi connectivity index (χ4n) is 3.03. The molecule has 0 aromatic heterocycles. The van der Waals surface area contributed by atoms with Crippen molar-refractivity contribution in [3.05, 3.63) is 75.3 Å². The monoisotopic (exact) mass is 384 g/mol. The van der Waals surface area contributed by atoms with Gasteiger partial charge in [-0.15, -0.1) is 0 Å². The number of rotatable bonds is 6. The number of nitro benzene ring substituents is 1. The summed E-state index contributed by atoms with van der Waals surface area (Å²) in [6, 6.07) is 10.1. The van der Waals surface area contributed by atoms with Crippen LogP contribution in [-0.2, 0) is 9.53 Å². The lowest BCUT2D eigenvalue weighted by Gasteiger charge is -2.30. The molecule has 2 unspecified atom stereocenters. The third-order valence-electron chi connectivity index (χ3n) is 4.42. The summed E-state index contributed by atoms with van der Waals surface area (Å²) in [5, 5.41) is 21.6. The number of amides is 2. The summed E-state index contributed by atoms with van der Waals surface area (Å²) >= 11 is 0. The lowest BCUT2D eigenvalue weighted by Crippen LogP contribution is -2.46. The number of benzene rings is 2. The number of aliphatic hydroxyl groups is 1. The number of esters is 1. The zero-order valence-electron chi connectivity index (χ0n) is 14.8. The predicted molar refractivity (Wildman–Crippen MR) is 95.4 cm³/mol. The molecule has 0 bridgehead atoms. The van der Waals surface area contributed by atoms with Crippen molar-refractivity contribution in [2.75, 3.05) is 6.61 Å². The number of nitrogens with zero attached hydrogens (tertiary/aromatic N) is 2. The van der Waals surface area contributed by atoms with E-state index in [0.717, 1.165) is 11.8 Å². The van der Waals surface area contributed by atoms with Crippen LogP contribution in [0.15, 0.2) is 48.5 Å². The van der Waals surface area contributed by atoms with Crippen LogP contribution in [0.1, 0.15) is 39.3 Å². The highest BCUT2D eigenvalue weighted by Gasteiger charge is 2.43. The van der Waals surface area contributed by atoms with Crippen LogP contribution >= 0.6 is 0 Å². The van der Waals surface area contributed by atoms with Gasteiger partial charge in [0.15, 0.2) is 0 Å². The molecule has 1 heterocycles. The van der Waals surface area contributed by atoms with E-state index >= 15 is 0 Å². The van der Waals surface area contributed by atoms with Crippen molar-refractivity contribution in [3.63, 3.8) is 0 Å². The van der Waals surface area contributed by atoms with Crippen molar-refractivity contribution >= 4 is 23.5 Å². The molecule has 2 atom stereocenters. The van der Waals surface area contributed by atoms with Crippen LogP contribution in [0.4, 0.5) is 5.69 Å². The molecular weight excluding hydrogens is 368 g/mol. The fraction of sp³-hybridized carbons (Fsp3) is 0.211. The van der Waals surface area contributed by atoms with Crippen LogP contribution in [0.3, 0.4) is 0 Å². The van der Waals surface area contributed by atoms with Crippen LogP contribution in [0.25, 0.3) is 0 Å². The molecule has 0 fully saturated rings. The normalized spacial score (nSPS) is 15.1. The SMILES string of the molecule is CC(=O)OCC(C(O)c1ccc([N+](=O)[O-])cc1)N1C(=O)c2ccccc2C1=O. The summed E-state index contributed by atoms with van der Waals surface area (Å²) in [6.45, 7) is 0.747. The van der Waals surface area contributed by atoms with E-state index in [9.17, 15) is 29.6 Å². The molecule has 28 heavy (non-hydrogen) atoms. The molecule has 0 aliphatic carbocycles. The number of nitro groups is 1. The average Bonchev–Trinajstić information content (AvgIpc) is 2.93. The first kappa shape index (κ1) is 19.2. The third-order valence-corrected chi connectivity index (χ3v) is 4.42. The van der Waals surface area contributed by atoms with Crippen molar-refractivity contribution in [2.24, 2.45) is 0 Å². The fourth-order valence-corrected chi connectivity index (χ4v) is 3.03. The topological polar surface area (TPSA) is 127 Å². The molecule has 1 aliphatic heterocycles. The summed E-state index contributed by atoms with van der Waals surface area (Å²) in [5.41, 5.74) is 0.444. The molecule has 0 spiro atoms. The van der Waals surface area contributed by atoms with Crippen molar-refractivity contribution in [3.8, 4) is 0 Å². The highest BCUT2D eigenvalue weighted by molar-refractivity contribution is 6.21. The number of ether oxygens (including phenoxy) is 1. The second kappa shape index (κ2) is 7.57. The number of imide groups is 1. The van der Waals surface area contributed by atoms with Crippen molar-refractivity contribution < 1.29 is 29.2 Å². The van der Waals surface area contributed by atoms with Gasteiger partial charge >= 0.3 is 5.97 Å². The number of aliphatic hydroxyl groups excluding tert-OH is 1. The quantitative estimate of drug-likeness (QED) is 0.348. The number of non-ortho nitro benzene ring substituents is 1. The third kappa shape index (κ3) is 3.47. The van der Waals surface area contributed by atoms with E-state index in [1.165, 1.54) is 36.4 Å². The molecule has 2 aromatic carbocycles. The number of fused-ring (bicyclic) bond motifs is 1. The van der Waals surface area contributed by atoms with Crippen molar-refractivity contribution in [1.29, 1.82) is 0 Å². The Bertz CT molecular complexity index is 920. The number of hydrogen-bond acceptors (Lipinski definition) is 7. The number of carbonyl (C=O) groups excluding carboxylic acids is 3. The van der Waals surface area contributed by atoms with Gasteiger partial charge in [-0.25, -0.2) is 0 Å². The molecule has 2 aromatic rings. The maximum absolute atomic E-state index is 12.7. The van der Waals surface area contributed by atoms with E-state index in [1.807, 2.05) is 0 Å². The molecule has 3 rings (SSSR count). The molecule has 0 radical (unpaired) electrons. The van der Waals surface area contributed by atoms with Crippen molar-refractivity contribution in [2.45, 2.75) is 19.1 Å². The second-order valence-electron chi connectivity index (χ2n) is 6.19. The van der Waals surface area contributed by atoms with Crippen LogP contribution in [0.5, 0.6) is 0 Å². The van der Waals surface area contributed by atoms with E-state index in [4.69, 9.17) is 4.74 Å². The van der Waals surface area contributed by atoms with E-state index in [-0.39, 0.29) is 22.4 Å². The predicted octanol–water partition coefficient (Wildman–Crippen LogP) is 1.86. The van der Waals surface area contributed by atoms with Gasteiger partial charge in [0.2, 0.25) is 0 Å². The van der Waals surface area contributed by atoms with Gasteiger partial charge in [-0.2, -0.15) is 0 Å². The molecule has 1 N–H and O–H groups in total. The first-order chi connectivity index (χ1) is 13.3. The maximum atomic E-state index is 12.7. The van der Waals surface area contributed by atoms with Gasteiger partial charge in [0.05, 0.1) is 16.1 Å². The van der Waals surface area contributed by atoms with E-state index in [1.54, 1.807) is 12.1 Å². The molecule has 0 saturated heterocycles. The zero-order valence-corrected chi connectivity index (χ0v) is 14.8. The second-order valence-corrected chi connectivity index (χ2v) is 6.19. The van der Waals surface area contributed by atoms with Crippen molar-refractivity contribution in [1.82, 2.24) is 4.90 Å². The molecule has 9 heteroatoms. The molecule has 9 nitrogen and oxygen atoms in total. The summed E-state index contributed by atoms with van der Waals surface area (Å²) in [7, 11) is 0. The summed E-state index contributed by atoms with van der Waals surface area (Å²) < 4.78 is 4.96. The Morgan fingerprint density at radius 2 is 1.64 bits per heavy atom. The van der Waals surface area contributed by atoms with Gasteiger partial charge in [0.25, 0.3) is 17.5 Å². The Morgan fingerprint density at radius 3 is 2.11 bits per heavy atom. The first-order valence-electron chi connectivity index (χ1n) is 8.34. The Morgan fingerprint density at radius 1 is 1.11 bits per heavy atom. The van der Waals surface area contributed by atoms with E-state index in [2.05, 4.69) is 0 Å². The Labute approximate surface area is 159 Å². The lowest BCUT2D eigenvalue weighted by atomic mass is 10.0. The van der Waals surface area contributed by atoms with Crippen LogP contribution in [0, 0.1) is 10.1 Å². The highest BCUT2D eigenvalue weighted by atomic mass is 16.6. The van der Waals surface area contributed by atoms with Gasteiger partial charge in [-0.3, -0.25) is 29.4 Å². The maximum Gasteiger partial charge on any atom is 0.302 e. The molecule has 0 saturated carbocycles. The molecule has 2 amide bonds. The van der Waals surface area contributed by atoms with Crippen LogP contribution < -0.4 is 0 Å². The Hall–Kier alpha value is -3.59. The smallest absolute Gasteiger partial charge is 0.302 e. The van der Waals surface area contributed by atoms with Crippen LogP contribution in [-0.4, -0.2) is 45.4 Å². The standard InChI is InChI=1S/C19H16N2O7/c1-11(22)28-10-16(17(23)12-6-8-13(9-7-12)21(26)27)20-18(24)14-4-2-3-5-15(14)19(20)25/h2-9,16-17,23H,10H2,1H3. The highest BCUT2D eigenvalue weighted by Crippen LogP contribution is 2.30. The van der Waals surface area contributed by atoms with Gasteiger partial charge in [-0.05, 0) is 29.8 Å². The summed E-state index contributed by atoms with van der Waals surface area (Å²) in [4.78, 5) is 47.8. The number of hydrogen-bond donors (Lipinski definition) is 1. The zero-order chi connectivity index (χ0) is 20.4. The summed E-state index contributed by atoms with van der Waals surface area (Å²) in [5.74, 6) is -1.87. The molecular formula is C19H16N2O7.